The molecule has 4 heterocycles. The number of sulfonamides is 1. The van der Waals surface area contributed by atoms with Crippen LogP contribution in [0.25, 0.3) is 33.2 Å². The van der Waals surface area contributed by atoms with E-state index in [0.717, 1.165) is 39.6 Å². The molecule has 0 amide bonds. The molecule has 1 aliphatic rings. The van der Waals surface area contributed by atoms with Gasteiger partial charge in [-0.25, -0.2) is 18.4 Å². The van der Waals surface area contributed by atoms with Crippen LogP contribution in [0, 0.1) is 11.3 Å². The lowest BCUT2D eigenvalue weighted by molar-refractivity contribution is 0.0891. The first-order valence-corrected chi connectivity index (χ1v) is 12.3. The van der Waals surface area contributed by atoms with Gasteiger partial charge >= 0.3 is 0 Å². The fourth-order valence-corrected chi connectivity index (χ4v) is 6.39. The standard InChI is InChI=1S/C23H24N6O2S/c1-2-3-12-32(30,31)28-14-23(15-28,9-10-24)29-13-19(17-6-4-5-7-20(17)29)21-18-8-11-25-22(18)27-16-26-21/h4-8,11,13,16H,2-3,9,12,14-15H2,1H3,(H,25,26,27). The van der Waals surface area contributed by atoms with E-state index in [1.807, 2.05) is 49.6 Å². The number of nitrogens with zero attached hydrogens (tertiary/aromatic N) is 5. The number of nitriles is 1. The van der Waals surface area contributed by atoms with Crippen molar-refractivity contribution in [3.05, 3.63) is 49.1 Å². The zero-order valence-corrected chi connectivity index (χ0v) is 18.6. The number of nitrogens with one attached hydrogen (secondary N) is 1. The van der Waals surface area contributed by atoms with Crippen LogP contribution in [-0.2, 0) is 15.6 Å². The normalized spacial score (nSPS) is 16.2. The van der Waals surface area contributed by atoms with Crippen molar-refractivity contribution in [3.8, 4) is 17.3 Å². The van der Waals surface area contributed by atoms with Crippen LogP contribution < -0.4 is 0 Å². The van der Waals surface area contributed by atoms with E-state index in [1.165, 1.54) is 10.6 Å². The van der Waals surface area contributed by atoms with E-state index in [-0.39, 0.29) is 12.2 Å². The Morgan fingerprint density at radius 3 is 2.78 bits per heavy atom. The third-order valence-corrected chi connectivity index (χ3v) is 8.18. The Bertz CT molecular complexity index is 1440. The summed E-state index contributed by atoms with van der Waals surface area (Å²) in [7, 11) is -3.32. The Morgan fingerprint density at radius 2 is 2.00 bits per heavy atom. The van der Waals surface area contributed by atoms with Gasteiger partial charge in [-0.1, -0.05) is 31.5 Å². The average molecular weight is 449 g/mol. The number of unbranched alkanes of at least 4 members (excludes halogenated alkanes) is 1. The van der Waals surface area contributed by atoms with Crippen molar-refractivity contribution in [1.82, 2.24) is 23.8 Å². The highest BCUT2D eigenvalue weighted by Crippen LogP contribution is 2.41. The maximum absolute atomic E-state index is 12.7. The van der Waals surface area contributed by atoms with Crippen molar-refractivity contribution in [2.24, 2.45) is 0 Å². The monoisotopic (exact) mass is 448 g/mol. The number of benzene rings is 1. The van der Waals surface area contributed by atoms with Gasteiger partial charge < -0.3 is 9.55 Å². The van der Waals surface area contributed by atoms with Crippen molar-refractivity contribution >= 4 is 32.0 Å². The van der Waals surface area contributed by atoms with Gasteiger partial charge in [0.2, 0.25) is 10.0 Å². The summed E-state index contributed by atoms with van der Waals surface area (Å²) in [5.74, 6) is 0.149. The summed E-state index contributed by atoms with van der Waals surface area (Å²) in [4.78, 5) is 12.0. The molecule has 1 fully saturated rings. The Kier molecular flexibility index (Phi) is 4.99. The lowest BCUT2D eigenvalue weighted by Crippen LogP contribution is -2.64. The summed E-state index contributed by atoms with van der Waals surface area (Å²) in [5.41, 5.74) is 2.87. The molecule has 0 atom stereocenters. The van der Waals surface area contributed by atoms with Gasteiger partial charge in [0.15, 0.2) is 0 Å². The molecule has 0 radical (unpaired) electrons. The maximum Gasteiger partial charge on any atom is 0.214 e. The van der Waals surface area contributed by atoms with Crippen LogP contribution in [0.4, 0.5) is 0 Å². The molecule has 3 aromatic heterocycles. The number of hydrogen-bond acceptors (Lipinski definition) is 5. The van der Waals surface area contributed by atoms with E-state index in [1.54, 1.807) is 0 Å². The highest BCUT2D eigenvalue weighted by atomic mass is 32.2. The largest absolute Gasteiger partial charge is 0.346 e. The van der Waals surface area contributed by atoms with Crippen LogP contribution in [-0.4, -0.2) is 51.1 Å². The minimum absolute atomic E-state index is 0.149. The lowest BCUT2D eigenvalue weighted by Gasteiger charge is -2.49. The van der Waals surface area contributed by atoms with E-state index in [0.29, 0.717) is 19.5 Å². The van der Waals surface area contributed by atoms with Gasteiger partial charge in [0.25, 0.3) is 0 Å². The Morgan fingerprint density at radius 1 is 1.19 bits per heavy atom. The van der Waals surface area contributed by atoms with Crippen molar-refractivity contribution in [3.63, 3.8) is 0 Å². The van der Waals surface area contributed by atoms with Gasteiger partial charge in [-0.05, 0) is 18.6 Å². The second-order valence-electron chi connectivity index (χ2n) is 8.39. The number of H-pyrrole nitrogens is 1. The molecule has 9 heteroatoms. The van der Waals surface area contributed by atoms with Gasteiger partial charge in [0.1, 0.15) is 12.0 Å². The summed E-state index contributed by atoms with van der Waals surface area (Å²) in [5, 5.41) is 11.5. The predicted octanol–water partition coefficient (Wildman–Crippen LogP) is 3.63. The first-order chi connectivity index (χ1) is 15.5. The molecule has 32 heavy (non-hydrogen) atoms. The van der Waals surface area contributed by atoms with Crippen molar-refractivity contribution in [2.75, 3.05) is 18.8 Å². The van der Waals surface area contributed by atoms with Gasteiger partial charge in [0, 0.05) is 47.3 Å². The number of aromatic nitrogens is 4. The molecule has 1 aromatic carbocycles. The van der Waals surface area contributed by atoms with Crippen LogP contribution in [0.1, 0.15) is 26.2 Å². The first kappa shape index (κ1) is 20.7. The third-order valence-electron chi connectivity index (χ3n) is 6.33. The molecule has 1 N–H and O–H groups in total. The van der Waals surface area contributed by atoms with E-state index >= 15 is 0 Å². The second-order valence-corrected chi connectivity index (χ2v) is 10.5. The number of para-hydroxylation sites is 1. The Balaban J connectivity index is 1.62. The number of hydrogen-bond donors (Lipinski definition) is 1. The predicted molar refractivity (Wildman–Crippen MR) is 123 cm³/mol. The van der Waals surface area contributed by atoms with Crippen LogP contribution >= 0.6 is 0 Å². The third kappa shape index (κ3) is 3.18. The van der Waals surface area contributed by atoms with Gasteiger partial charge in [-0.15, -0.1) is 0 Å². The first-order valence-electron chi connectivity index (χ1n) is 10.7. The fraction of sp³-hybridized carbons (Fsp3) is 0.348. The molecule has 4 aromatic rings. The van der Waals surface area contributed by atoms with Crippen molar-refractivity contribution in [1.29, 1.82) is 5.26 Å². The van der Waals surface area contributed by atoms with Crippen molar-refractivity contribution in [2.45, 2.75) is 31.7 Å². The molecule has 0 saturated carbocycles. The zero-order chi connectivity index (χ0) is 22.3. The topological polar surface area (TPSA) is 108 Å². The number of rotatable bonds is 7. The highest BCUT2D eigenvalue weighted by molar-refractivity contribution is 7.89. The summed E-state index contributed by atoms with van der Waals surface area (Å²) < 4.78 is 29.0. The molecule has 1 aliphatic heterocycles. The molecule has 0 bridgehead atoms. The second kappa shape index (κ2) is 7.73. The Labute approximate surface area is 186 Å². The molecule has 0 unspecified atom stereocenters. The maximum atomic E-state index is 12.7. The van der Waals surface area contributed by atoms with Gasteiger partial charge in [0.05, 0.1) is 29.5 Å². The smallest absolute Gasteiger partial charge is 0.214 e. The highest BCUT2D eigenvalue weighted by Gasteiger charge is 2.49. The van der Waals surface area contributed by atoms with Crippen LogP contribution in [0.3, 0.4) is 0 Å². The summed E-state index contributed by atoms with van der Waals surface area (Å²) >= 11 is 0. The van der Waals surface area contributed by atoms with Gasteiger partial charge in [-0.2, -0.15) is 9.57 Å². The molecule has 8 nitrogen and oxygen atoms in total. The summed E-state index contributed by atoms with van der Waals surface area (Å²) in [6, 6.07) is 12.2. The molecule has 5 rings (SSSR count). The van der Waals surface area contributed by atoms with E-state index < -0.39 is 15.6 Å². The molecule has 1 saturated heterocycles. The van der Waals surface area contributed by atoms with Gasteiger partial charge in [-0.3, -0.25) is 0 Å². The minimum atomic E-state index is -3.32. The zero-order valence-electron chi connectivity index (χ0n) is 17.8. The number of fused-ring (bicyclic) bond motifs is 2. The van der Waals surface area contributed by atoms with Crippen LogP contribution in [0.5, 0.6) is 0 Å². The number of aromatic amines is 1. The SMILES string of the molecule is CCCCS(=O)(=O)N1CC(CC#N)(n2cc(-c3ncnc4[nH]ccc34)c3ccccc32)C1. The fourth-order valence-electron chi connectivity index (χ4n) is 4.61. The van der Waals surface area contributed by atoms with E-state index in [2.05, 4.69) is 25.6 Å². The molecule has 0 spiro atoms. The molecule has 164 valence electrons. The molecular weight excluding hydrogens is 424 g/mol. The molecule has 0 aliphatic carbocycles. The Hall–Kier alpha value is -3.22. The lowest BCUT2D eigenvalue weighted by atomic mass is 9.88. The van der Waals surface area contributed by atoms with E-state index in [4.69, 9.17) is 0 Å². The minimum Gasteiger partial charge on any atom is -0.346 e. The average Bonchev–Trinajstić information content (AvgIpc) is 3.39. The van der Waals surface area contributed by atoms with Crippen LogP contribution in [0.15, 0.2) is 49.1 Å². The van der Waals surface area contributed by atoms with E-state index in [9.17, 15) is 13.7 Å². The summed E-state index contributed by atoms with van der Waals surface area (Å²) in [6.45, 7) is 2.58. The van der Waals surface area contributed by atoms with Crippen molar-refractivity contribution < 1.29 is 8.42 Å². The summed E-state index contributed by atoms with van der Waals surface area (Å²) in [6.07, 6.45) is 7.09. The molecular formula is C23H24N6O2S. The van der Waals surface area contributed by atoms with Crippen LogP contribution in [0.2, 0.25) is 0 Å². The quantitative estimate of drug-likeness (QED) is 0.464.